The van der Waals surface area contributed by atoms with Crippen LogP contribution < -0.4 is 10.1 Å². The maximum Gasteiger partial charge on any atom is 0.122 e. The first kappa shape index (κ1) is 12.1. The van der Waals surface area contributed by atoms with E-state index in [1.807, 2.05) is 7.05 Å². The molecule has 0 saturated heterocycles. The van der Waals surface area contributed by atoms with Crippen LogP contribution in [0.4, 0.5) is 5.69 Å². The lowest BCUT2D eigenvalue weighted by Gasteiger charge is -2.18. The second-order valence-corrected chi connectivity index (χ2v) is 5.02. The van der Waals surface area contributed by atoms with Crippen molar-refractivity contribution in [3.05, 3.63) is 59.2 Å². The van der Waals surface area contributed by atoms with Crippen molar-refractivity contribution >= 4 is 5.69 Å². The van der Waals surface area contributed by atoms with Crippen molar-refractivity contribution in [3.8, 4) is 5.75 Å². The molecule has 0 atom stereocenters. The first-order valence-electron chi connectivity index (χ1n) is 6.86. The number of anilines is 1. The zero-order valence-electron chi connectivity index (χ0n) is 11.3. The van der Waals surface area contributed by atoms with Crippen molar-refractivity contribution in [3.63, 3.8) is 0 Å². The van der Waals surface area contributed by atoms with Crippen molar-refractivity contribution in [1.29, 1.82) is 0 Å². The Morgan fingerprint density at radius 3 is 2.89 bits per heavy atom. The molecule has 2 aromatic rings. The van der Waals surface area contributed by atoms with Gasteiger partial charge in [-0.2, -0.15) is 0 Å². The molecule has 2 heteroatoms. The number of benzene rings is 2. The van der Waals surface area contributed by atoms with Crippen molar-refractivity contribution in [2.24, 2.45) is 0 Å². The minimum Gasteiger partial charge on any atom is -0.493 e. The van der Waals surface area contributed by atoms with Gasteiger partial charge in [-0.15, -0.1) is 0 Å². The van der Waals surface area contributed by atoms with Crippen LogP contribution in [-0.4, -0.2) is 13.7 Å². The molecule has 0 fully saturated rings. The molecule has 0 bridgehead atoms. The highest BCUT2D eigenvalue weighted by Crippen LogP contribution is 2.26. The Morgan fingerprint density at radius 2 is 2.00 bits per heavy atom. The summed E-state index contributed by atoms with van der Waals surface area (Å²) >= 11 is 0. The van der Waals surface area contributed by atoms with E-state index in [1.165, 1.54) is 22.4 Å². The molecular formula is C17H19NO. The lowest BCUT2D eigenvalue weighted by atomic mass is 9.99. The summed E-state index contributed by atoms with van der Waals surface area (Å²) in [5.74, 6) is 1.07. The average molecular weight is 253 g/mol. The van der Waals surface area contributed by atoms with Gasteiger partial charge < -0.3 is 10.1 Å². The van der Waals surface area contributed by atoms with E-state index in [4.69, 9.17) is 4.74 Å². The Labute approximate surface area is 114 Å². The summed E-state index contributed by atoms with van der Waals surface area (Å²) in [4.78, 5) is 0. The van der Waals surface area contributed by atoms with Crippen LogP contribution in [0.1, 0.15) is 23.1 Å². The van der Waals surface area contributed by atoms with Crippen molar-refractivity contribution < 1.29 is 4.74 Å². The molecule has 3 rings (SSSR count). The summed E-state index contributed by atoms with van der Waals surface area (Å²) in [6.07, 6.45) is 3.24. The monoisotopic (exact) mass is 253 g/mol. The van der Waals surface area contributed by atoms with Gasteiger partial charge in [0.05, 0.1) is 6.61 Å². The van der Waals surface area contributed by atoms with Crippen LogP contribution in [0.5, 0.6) is 5.75 Å². The van der Waals surface area contributed by atoms with E-state index in [9.17, 15) is 0 Å². The molecule has 0 saturated carbocycles. The van der Waals surface area contributed by atoms with Crippen LogP contribution in [0, 0.1) is 0 Å². The van der Waals surface area contributed by atoms with Gasteiger partial charge >= 0.3 is 0 Å². The molecule has 1 aliphatic rings. The standard InChI is InChI=1S/C17H19NO/c1-18-16-6-2-4-13(12-16)10-14-7-8-17-15(11-14)5-3-9-19-17/h2,4,6-8,11-12,18H,3,5,9-10H2,1H3. The maximum absolute atomic E-state index is 5.66. The Balaban J connectivity index is 1.82. The van der Waals surface area contributed by atoms with Crippen molar-refractivity contribution in [2.45, 2.75) is 19.3 Å². The molecule has 2 nitrogen and oxygen atoms in total. The van der Waals surface area contributed by atoms with E-state index >= 15 is 0 Å². The van der Waals surface area contributed by atoms with Crippen LogP contribution in [0.25, 0.3) is 0 Å². The summed E-state index contributed by atoms with van der Waals surface area (Å²) in [5, 5.41) is 3.18. The van der Waals surface area contributed by atoms with Gasteiger partial charge in [0.2, 0.25) is 0 Å². The fourth-order valence-electron chi connectivity index (χ4n) is 2.60. The second kappa shape index (κ2) is 5.35. The predicted octanol–water partition coefficient (Wildman–Crippen LogP) is 3.64. The fourth-order valence-corrected chi connectivity index (χ4v) is 2.60. The summed E-state index contributed by atoms with van der Waals surface area (Å²) in [6.45, 7) is 0.858. The van der Waals surface area contributed by atoms with Gasteiger partial charge in [-0.05, 0) is 54.2 Å². The first-order chi connectivity index (χ1) is 9.35. The molecular weight excluding hydrogens is 234 g/mol. The number of rotatable bonds is 3. The number of ether oxygens (including phenoxy) is 1. The molecule has 0 amide bonds. The Bertz CT molecular complexity index is 577. The number of fused-ring (bicyclic) bond motifs is 1. The Hall–Kier alpha value is -1.96. The summed E-state index contributed by atoms with van der Waals surface area (Å²) in [7, 11) is 1.95. The topological polar surface area (TPSA) is 21.3 Å². The lowest BCUT2D eigenvalue weighted by Crippen LogP contribution is -2.08. The molecule has 0 radical (unpaired) electrons. The fraction of sp³-hybridized carbons (Fsp3) is 0.294. The highest BCUT2D eigenvalue weighted by Gasteiger charge is 2.10. The Kier molecular flexibility index (Phi) is 3.41. The van der Waals surface area contributed by atoms with Crippen molar-refractivity contribution in [1.82, 2.24) is 0 Å². The summed E-state index contributed by atoms with van der Waals surface area (Å²) in [6, 6.07) is 15.2. The number of hydrogen-bond donors (Lipinski definition) is 1. The Morgan fingerprint density at radius 1 is 1.11 bits per heavy atom. The summed E-state index contributed by atoms with van der Waals surface area (Å²) in [5.41, 5.74) is 5.22. The van der Waals surface area contributed by atoms with Gasteiger partial charge in [-0.25, -0.2) is 0 Å². The molecule has 0 aromatic heterocycles. The smallest absolute Gasteiger partial charge is 0.122 e. The third kappa shape index (κ3) is 2.73. The highest BCUT2D eigenvalue weighted by molar-refractivity contribution is 5.47. The lowest BCUT2D eigenvalue weighted by molar-refractivity contribution is 0.288. The molecule has 2 aromatic carbocycles. The maximum atomic E-state index is 5.66. The van der Waals surface area contributed by atoms with Crippen LogP contribution in [0.2, 0.25) is 0 Å². The van der Waals surface area contributed by atoms with E-state index in [1.54, 1.807) is 0 Å². The zero-order chi connectivity index (χ0) is 13.1. The molecule has 1 heterocycles. The number of hydrogen-bond acceptors (Lipinski definition) is 2. The van der Waals surface area contributed by atoms with Crippen LogP contribution in [0.15, 0.2) is 42.5 Å². The van der Waals surface area contributed by atoms with E-state index in [-0.39, 0.29) is 0 Å². The number of nitrogens with one attached hydrogen (secondary N) is 1. The normalized spacial score (nSPS) is 13.5. The average Bonchev–Trinajstić information content (AvgIpc) is 2.47. The highest BCUT2D eigenvalue weighted by atomic mass is 16.5. The molecule has 1 N–H and O–H groups in total. The van der Waals surface area contributed by atoms with E-state index in [0.29, 0.717) is 0 Å². The quantitative estimate of drug-likeness (QED) is 0.901. The largest absolute Gasteiger partial charge is 0.493 e. The molecule has 0 unspecified atom stereocenters. The SMILES string of the molecule is CNc1cccc(Cc2ccc3c(c2)CCCO3)c1. The third-order valence-corrected chi connectivity index (χ3v) is 3.60. The molecule has 0 aliphatic carbocycles. The van der Waals surface area contributed by atoms with Crippen LogP contribution >= 0.6 is 0 Å². The third-order valence-electron chi connectivity index (χ3n) is 3.60. The van der Waals surface area contributed by atoms with Crippen LogP contribution in [-0.2, 0) is 12.8 Å². The minimum atomic E-state index is 0.858. The van der Waals surface area contributed by atoms with Gasteiger partial charge in [0.15, 0.2) is 0 Å². The second-order valence-electron chi connectivity index (χ2n) is 5.02. The first-order valence-corrected chi connectivity index (χ1v) is 6.86. The van der Waals surface area contributed by atoms with Gasteiger partial charge in [-0.1, -0.05) is 24.3 Å². The van der Waals surface area contributed by atoms with E-state index < -0.39 is 0 Å². The molecule has 98 valence electrons. The van der Waals surface area contributed by atoms with E-state index in [2.05, 4.69) is 47.8 Å². The minimum absolute atomic E-state index is 0.858. The number of aryl methyl sites for hydroxylation is 1. The van der Waals surface area contributed by atoms with Gasteiger partial charge in [0, 0.05) is 12.7 Å². The van der Waals surface area contributed by atoms with Gasteiger partial charge in [-0.3, -0.25) is 0 Å². The van der Waals surface area contributed by atoms with E-state index in [0.717, 1.165) is 31.6 Å². The zero-order valence-corrected chi connectivity index (χ0v) is 11.3. The summed E-state index contributed by atoms with van der Waals surface area (Å²) < 4.78 is 5.66. The molecule has 19 heavy (non-hydrogen) atoms. The van der Waals surface area contributed by atoms with Gasteiger partial charge in [0.1, 0.15) is 5.75 Å². The van der Waals surface area contributed by atoms with Gasteiger partial charge in [0.25, 0.3) is 0 Å². The molecule has 0 spiro atoms. The predicted molar refractivity (Wildman–Crippen MR) is 79.1 cm³/mol. The van der Waals surface area contributed by atoms with Crippen LogP contribution in [0.3, 0.4) is 0 Å². The van der Waals surface area contributed by atoms with Crippen molar-refractivity contribution in [2.75, 3.05) is 19.0 Å². The molecule has 1 aliphatic heterocycles.